The van der Waals surface area contributed by atoms with Gasteiger partial charge in [-0.2, -0.15) is 0 Å². The highest BCUT2D eigenvalue weighted by molar-refractivity contribution is 6.32. The van der Waals surface area contributed by atoms with Crippen LogP contribution in [0.4, 0.5) is 5.69 Å². The number of carbonyl (C=O) groups is 1. The summed E-state index contributed by atoms with van der Waals surface area (Å²) in [6.07, 6.45) is 0.271. The zero-order chi connectivity index (χ0) is 17.4. The number of nitrogens with zero attached hydrogens (tertiary/aromatic N) is 1. The molecule has 0 spiro atoms. The number of ether oxygens (including phenoxy) is 1. The zero-order valence-electron chi connectivity index (χ0n) is 14.0. The van der Waals surface area contributed by atoms with E-state index in [0.717, 1.165) is 13.0 Å². The summed E-state index contributed by atoms with van der Waals surface area (Å²) in [5.74, 6) is 0.378. The number of hydrogen-bond donors (Lipinski definition) is 1. The van der Waals surface area contributed by atoms with E-state index < -0.39 is 6.10 Å². The second-order valence-corrected chi connectivity index (χ2v) is 6.00. The minimum absolute atomic E-state index is 0.141. The molecule has 2 aromatic carbocycles. The van der Waals surface area contributed by atoms with Crippen molar-refractivity contribution in [3.05, 3.63) is 59.6 Å². The quantitative estimate of drug-likeness (QED) is 0.740. The molecule has 0 fully saturated rings. The first-order valence-corrected chi connectivity index (χ1v) is 8.41. The van der Waals surface area contributed by atoms with E-state index in [9.17, 15) is 4.79 Å². The summed E-state index contributed by atoms with van der Waals surface area (Å²) < 4.78 is 5.60. The van der Waals surface area contributed by atoms with Gasteiger partial charge in [0.25, 0.3) is 5.91 Å². The lowest BCUT2D eigenvalue weighted by Crippen LogP contribution is -2.37. The van der Waals surface area contributed by atoms with Crippen LogP contribution >= 0.6 is 11.6 Å². The SMILES string of the molecule is C[C@H](Oc1ccccc1Cl)C(=O)NCCCN(C)c1ccccc1. The minimum Gasteiger partial charge on any atom is -0.479 e. The average molecular weight is 347 g/mol. The molecule has 0 unspecified atom stereocenters. The number of benzene rings is 2. The van der Waals surface area contributed by atoms with Gasteiger partial charge in [-0.1, -0.05) is 41.9 Å². The maximum absolute atomic E-state index is 12.1. The van der Waals surface area contributed by atoms with Crippen LogP contribution in [0.3, 0.4) is 0 Å². The van der Waals surface area contributed by atoms with Gasteiger partial charge >= 0.3 is 0 Å². The molecule has 0 heterocycles. The van der Waals surface area contributed by atoms with E-state index in [1.807, 2.05) is 37.4 Å². The monoisotopic (exact) mass is 346 g/mol. The fourth-order valence-electron chi connectivity index (χ4n) is 2.27. The lowest BCUT2D eigenvalue weighted by molar-refractivity contribution is -0.127. The van der Waals surface area contributed by atoms with Crippen molar-refractivity contribution < 1.29 is 9.53 Å². The Morgan fingerprint density at radius 1 is 1.17 bits per heavy atom. The van der Waals surface area contributed by atoms with Gasteiger partial charge in [0.2, 0.25) is 0 Å². The first-order chi connectivity index (χ1) is 11.6. The summed E-state index contributed by atoms with van der Waals surface area (Å²) in [6.45, 7) is 3.19. The highest BCUT2D eigenvalue weighted by Gasteiger charge is 2.15. The van der Waals surface area contributed by atoms with Gasteiger partial charge < -0.3 is 15.0 Å². The zero-order valence-corrected chi connectivity index (χ0v) is 14.8. The van der Waals surface area contributed by atoms with E-state index in [-0.39, 0.29) is 5.91 Å². The summed E-state index contributed by atoms with van der Waals surface area (Å²) in [4.78, 5) is 14.2. The van der Waals surface area contributed by atoms with Gasteiger partial charge in [0.05, 0.1) is 5.02 Å². The number of para-hydroxylation sites is 2. The summed E-state index contributed by atoms with van der Waals surface area (Å²) in [5.41, 5.74) is 1.17. The third-order valence-electron chi connectivity index (χ3n) is 3.68. The van der Waals surface area contributed by atoms with Crippen molar-refractivity contribution in [1.82, 2.24) is 5.32 Å². The van der Waals surface area contributed by atoms with Crippen LogP contribution in [0.2, 0.25) is 5.02 Å². The molecule has 1 atom stereocenters. The molecule has 0 saturated carbocycles. The number of carbonyl (C=O) groups excluding carboxylic acids is 1. The van der Waals surface area contributed by atoms with Crippen molar-refractivity contribution in [2.45, 2.75) is 19.4 Å². The smallest absolute Gasteiger partial charge is 0.260 e. The number of halogens is 1. The molecule has 1 amide bonds. The van der Waals surface area contributed by atoms with E-state index >= 15 is 0 Å². The standard InChI is InChI=1S/C19H23ClN2O2/c1-15(24-18-12-7-6-11-17(18)20)19(23)21-13-8-14-22(2)16-9-4-3-5-10-16/h3-7,9-12,15H,8,13-14H2,1-2H3,(H,21,23)/t15-/m0/s1. The normalized spacial score (nSPS) is 11.6. The molecule has 0 aliphatic rings. The summed E-state index contributed by atoms with van der Waals surface area (Å²) in [6, 6.07) is 17.3. The van der Waals surface area contributed by atoms with Crippen molar-refractivity contribution in [3.8, 4) is 5.75 Å². The van der Waals surface area contributed by atoms with Crippen molar-refractivity contribution >= 4 is 23.2 Å². The van der Waals surface area contributed by atoms with Crippen LogP contribution in [0.1, 0.15) is 13.3 Å². The molecule has 0 aromatic heterocycles. The van der Waals surface area contributed by atoms with Crippen molar-refractivity contribution in [3.63, 3.8) is 0 Å². The molecule has 0 saturated heterocycles. The highest BCUT2D eigenvalue weighted by Crippen LogP contribution is 2.24. The van der Waals surface area contributed by atoms with Gasteiger partial charge in [-0.15, -0.1) is 0 Å². The Balaban J connectivity index is 1.70. The third-order valence-corrected chi connectivity index (χ3v) is 3.99. The van der Waals surface area contributed by atoms with Crippen LogP contribution in [0.5, 0.6) is 5.75 Å². The van der Waals surface area contributed by atoms with Crippen LogP contribution in [0.15, 0.2) is 54.6 Å². The summed E-state index contributed by atoms with van der Waals surface area (Å²) >= 11 is 6.03. The second kappa shape index (κ2) is 9.18. The van der Waals surface area contributed by atoms with Gasteiger partial charge in [-0.3, -0.25) is 4.79 Å². The highest BCUT2D eigenvalue weighted by atomic mass is 35.5. The molecule has 0 aliphatic carbocycles. The maximum atomic E-state index is 12.1. The van der Waals surface area contributed by atoms with Crippen LogP contribution < -0.4 is 15.0 Å². The van der Waals surface area contributed by atoms with E-state index in [0.29, 0.717) is 17.3 Å². The van der Waals surface area contributed by atoms with Gasteiger partial charge in [-0.25, -0.2) is 0 Å². The van der Waals surface area contributed by atoms with Crippen molar-refractivity contribution in [2.75, 3.05) is 25.0 Å². The Hall–Kier alpha value is -2.20. The first kappa shape index (κ1) is 18.1. The molecule has 2 rings (SSSR count). The molecule has 2 aromatic rings. The maximum Gasteiger partial charge on any atom is 0.260 e. The fraction of sp³-hybridized carbons (Fsp3) is 0.316. The number of hydrogen-bond acceptors (Lipinski definition) is 3. The van der Waals surface area contributed by atoms with Crippen molar-refractivity contribution in [2.24, 2.45) is 0 Å². The molecule has 5 heteroatoms. The Labute approximate surface area is 148 Å². The average Bonchev–Trinajstić information content (AvgIpc) is 2.61. The van der Waals surface area contributed by atoms with Crippen LogP contribution in [-0.4, -0.2) is 32.1 Å². The van der Waals surface area contributed by atoms with Crippen LogP contribution in [0.25, 0.3) is 0 Å². The topological polar surface area (TPSA) is 41.6 Å². The molecule has 0 radical (unpaired) electrons. The molecule has 0 aliphatic heterocycles. The minimum atomic E-state index is -0.586. The lowest BCUT2D eigenvalue weighted by atomic mass is 10.3. The summed E-state index contributed by atoms with van der Waals surface area (Å²) in [5, 5.41) is 3.40. The fourth-order valence-corrected chi connectivity index (χ4v) is 2.45. The number of nitrogens with one attached hydrogen (secondary N) is 1. The Kier molecular flexibility index (Phi) is 6.94. The molecule has 4 nitrogen and oxygen atoms in total. The van der Waals surface area contributed by atoms with Gasteiger partial charge in [-0.05, 0) is 37.6 Å². The van der Waals surface area contributed by atoms with E-state index in [1.54, 1.807) is 19.1 Å². The largest absolute Gasteiger partial charge is 0.479 e. The van der Waals surface area contributed by atoms with Gasteiger partial charge in [0.15, 0.2) is 6.10 Å². The Morgan fingerprint density at radius 2 is 1.83 bits per heavy atom. The Bertz CT molecular complexity index is 649. The summed E-state index contributed by atoms with van der Waals surface area (Å²) in [7, 11) is 2.04. The second-order valence-electron chi connectivity index (χ2n) is 5.59. The molecular weight excluding hydrogens is 324 g/mol. The van der Waals surface area contributed by atoms with E-state index in [4.69, 9.17) is 16.3 Å². The van der Waals surface area contributed by atoms with Gasteiger partial charge in [0, 0.05) is 25.8 Å². The van der Waals surface area contributed by atoms with Gasteiger partial charge in [0.1, 0.15) is 5.75 Å². The Morgan fingerprint density at radius 3 is 2.54 bits per heavy atom. The molecule has 128 valence electrons. The van der Waals surface area contributed by atoms with Crippen LogP contribution in [0, 0.1) is 0 Å². The molecule has 1 N–H and O–H groups in total. The molecular formula is C19H23ClN2O2. The van der Waals surface area contributed by atoms with Crippen molar-refractivity contribution in [1.29, 1.82) is 0 Å². The molecule has 24 heavy (non-hydrogen) atoms. The molecule has 0 bridgehead atoms. The number of anilines is 1. The van der Waals surface area contributed by atoms with E-state index in [2.05, 4.69) is 22.3 Å². The first-order valence-electron chi connectivity index (χ1n) is 8.03. The predicted octanol–water partition coefficient (Wildman–Crippen LogP) is 3.75. The van der Waals surface area contributed by atoms with Crippen LogP contribution in [-0.2, 0) is 4.79 Å². The number of rotatable bonds is 8. The lowest BCUT2D eigenvalue weighted by Gasteiger charge is -2.20. The van der Waals surface area contributed by atoms with E-state index in [1.165, 1.54) is 5.69 Å². The third kappa shape index (κ3) is 5.46. The number of amides is 1. The predicted molar refractivity (Wildman–Crippen MR) is 98.9 cm³/mol.